The highest BCUT2D eigenvalue weighted by Gasteiger charge is 2.42. The molecule has 0 saturated heterocycles. The maximum Gasteiger partial charge on any atom is 0.264 e. The van der Waals surface area contributed by atoms with Gasteiger partial charge in [-0.25, -0.2) is 8.42 Å². The molecule has 28 heavy (non-hydrogen) atoms. The zero-order valence-electron chi connectivity index (χ0n) is 15.4. The Labute approximate surface area is 162 Å². The Morgan fingerprint density at radius 2 is 1.89 bits per heavy atom. The molecule has 3 N–H and O–H groups in total. The number of nitrogens with zero attached hydrogens (tertiary/aromatic N) is 1. The van der Waals surface area contributed by atoms with Crippen molar-refractivity contribution in [1.29, 1.82) is 0 Å². The minimum atomic E-state index is -3.57. The van der Waals surface area contributed by atoms with E-state index in [0.29, 0.717) is 5.56 Å². The third kappa shape index (κ3) is 3.53. The van der Waals surface area contributed by atoms with Gasteiger partial charge >= 0.3 is 0 Å². The number of benzene rings is 2. The second-order valence-corrected chi connectivity index (χ2v) is 8.70. The predicted molar refractivity (Wildman–Crippen MR) is 103 cm³/mol. The van der Waals surface area contributed by atoms with Gasteiger partial charge < -0.3 is 15.6 Å². The van der Waals surface area contributed by atoms with Crippen molar-refractivity contribution in [3.05, 3.63) is 53.1 Å². The minimum absolute atomic E-state index is 0.0646. The third-order valence-corrected chi connectivity index (χ3v) is 5.34. The molecule has 0 aromatic heterocycles. The average molecular weight is 404 g/mol. The first-order valence-electron chi connectivity index (χ1n) is 8.54. The molecular formula is C19H20N2O6S. The molecule has 1 aliphatic rings. The number of phenols is 1. The smallest absolute Gasteiger partial charge is 0.264 e. The van der Waals surface area contributed by atoms with E-state index in [-0.39, 0.29) is 34.9 Å². The van der Waals surface area contributed by atoms with Crippen molar-refractivity contribution in [1.82, 2.24) is 4.90 Å². The Morgan fingerprint density at radius 3 is 2.50 bits per heavy atom. The van der Waals surface area contributed by atoms with E-state index >= 15 is 0 Å². The fraction of sp³-hybridized carbons (Fsp3) is 0.263. The van der Waals surface area contributed by atoms with Gasteiger partial charge in [-0.05, 0) is 36.8 Å². The van der Waals surface area contributed by atoms with Crippen LogP contribution in [-0.4, -0.2) is 48.9 Å². The first kappa shape index (κ1) is 19.7. The summed E-state index contributed by atoms with van der Waals surface area (Å²) in [6.07, 6.45) is 1.02. The van der Waals surface area contributed by atoms with Crippen molar-refractivity contribution in [3.8, 4) is 11.5 Å². The zero-order valence-corrected chi connectivity index (χ0v) is 16.2. The summed E-state index contributed by atoms with van der Waals surface area (Å²) in [6, 6.07) is 7.67. The lowest BCUT2D eigenvalue weighted by atomic mass is 10.1. The lowest BCUT2D eigenvalue weighted by Crippen LogP contribution is -2.37. The Bertz CT molecular complexity index is 1060. The number of ether oxygens (including phenoxy) is 1. The van der Waals surface area contributed by atoms with Crippen LogP contribution in [0.15, 0.2) is 36.4 Å². The van der Waals surface area contributed by atoms with Crippen LogP contribution in [0.3, 0.4) is 0 Å². The van der Waals surface area contributed by atoms with Gasteiger partial charge in [0.1, 0.15) is 9.84 Å². The van der Waals surface area contributed by atoms with Gasteiger partial charge in [-0.15, -0.1) is 0 Å². The van der Waals surface area contributed by atoms with Crippen molar-refractivity contribution in [2.24, 2.45) is 0 Å². The third-order valence-electron chi connectivity index (χ3n) is 4.42. The number of amides is 2. The van der Waals surface area contributed by atoms with E-state index in [0.717, 1.165) is 11.2 Å². The molecule has 1 heterocycles. The number of hydrogen-bond donors (Lipinski definition) is 2. The van der Waals surface area contributed by atoms with Crippen molar-refractivity contribution >= 4 is 27.3 Å². The summed E-state index contributed by atoms with van der Waals surface area (Å²) in [4.78, 5) is 26.8. The van der Waals surface area contributed by atoms with E-state index in [9.17, 15) is 23.1 Å². The standard InChI is InChI=1S/C19H20N2O6S/c1-3-27-16-9-11(7-8-15(16)22)14(10-28(2,25)26)21-18(23)12-5-4-6-13(20)17(12)19(21)24/h4-9,14,22H,3,10,20H2,1-2H3/t14-/m0/s1. The molecule has 0 unspecified atom stereocenters. The molecule has 0 bridgehead atoms. The highest BCUT2D eigenvalue weighted by atomic mass is 32.2. The van der Waals surface area contributed by atoms with E-state index in [4.69, 9.17) is 10.5 Å². The first-order valence-corrected chi connectivity index (χ1v) is 10.6. The largest absolute Gasteiger partial charge is 0.504 e. The molecule has 1 atom stereocenters. The zero-order chi connectivity index (χ0) is 20.6. The van der Waals surface area contributed by atoms with Crippen LogP contribution >= 0.6 is 0 Å². The number of anilines is 1. The van der Waals surface area contributed by atoms with E-state index < -0.39 is 33.4 Å². The Morgan fingerprint density at radius 1 is 1.18 bits per heavy atom. The summed E-state index contributed by atoms with van der Waals surface area (Å²) >= 11 is 0. The highest BCUT2D eigenvalue weighted by molar-refractivity contribution is 7.90. The van der Waals surface area contributed by atoms with Gasteiger partial charge in [0.25, 0.3) is 11.8 Å². The number of hydrogen-bond acceptors (Lipinski definition) is 7. The number of nitrogen functional groups attached to an aromatic ring is 1. The Hall–Kier alpha value is -3.07. The lowest BCUT2D eigenvalue weighted by Gasteiger charge is -2.26. The predicted octanol–water partition coefficient (Wildman–Crippen LogP) is 1.76. The molecule has 0 saturated carbocycles. The number of phenolic OH excluding ortho intramolecular Hbond substituents is 1. The number of aromatic hydroxyl groups is 1. The number of fused-ring (bicyclic) bond motifs is 1. The average Bonchev–Trinajstić information content (AvgIpc) is 2.86. The van der Waals surface area contributed by atoms with Gasteiger partial charge in [0.2, 0.25) is 0 Å². The van der Waals surface area contributed by atoms with Gasteiger partial charge in [-0.2, -0.15) is 0 Å². The first-order chi connectivity index (χ1) is 13.1. The van der Waals surface area contributed by atoms with Crippen molar-refractivity contribution in [3.63, 3.8) is 0 Å². The maximum absolute atomic E-state index is 13.0. The molecule has 2 aromatic rings. The molecule has 2 amide bonds. The lowest BCUT2D eigenvalue weighted by molar-refractivity contribution is 0.0598. The number of nitrogens with two attached hydrogens (primary N) is 1. The van der Waals surface area contributed by atoms with Crippen molar-refractivity contribution < 1.29 is 27.9 Å². The molecule has 0 aliphatic carbocycles. The van der Waals surface area contributed by atoms with Crippen LogP contribution in [0, 0.1) is 0 Å². The van der Waals surface area contributed by atoms with E-state index in [2.05, 4.69) is 0 Å². The molecule has 1 aliphatic heterocycles. The molecular weight excluding hydrogens is 384 g/mol. The molecule has 0 spiro atoms. The van der Waals surface area contributed by atoms with Gasteiger partial charge in [0.15, 0.2) is 11.5 Å². The molecule has 0 fully saturated rings. The fourth-order valence-corrected chi connectivity index (χ4v) is 4.14. The quantitative estimate of drug-likeness (QED) is 0.555. The minimum Gasteiger partial charge on any atom is -0.504 e. The number of sulfone groups is 1. The van der Waals surface area contributed by atoms with Crippen molar-refractivity contribution in [2.45, 2.75) is 13.0 Å². The summed E-state index contributed by atoms with van der Waals surface area (Å²) in [7, 11) is -3.57. The molecule has 3 rings (SSSR count). The van der Waals surface area contributed by atoms with E-state index in [1.54, 1.807) is 13.0 Å². The summed E-state index contributed by atoms with van der Waals surface area (Å²) < 4.78 is 29.4. The second kappa shape index (κ2) is 7.16. The number of carbonyl (C=O) groups excluding carboxylic acids is 2. The Kier molecular flexibility index (Phi) is 5.03. The Balaban J connectivity index is 2.13. The number of carbonyl (C=O) groups is 2. The maximum atomic E-state index is 13.0. The molecule has 0 radical (unpaired) electrons. The van der Waals surface area contributed by atoms with Gasteiger partial charge in [0.05, 0.1) is 29.5 Å². The van der Waals surface area contributed by atoms with Gasteiger partial charge in [0, 0.05) is 11.9 Å². The topological polar surface area (TPSA) is 127 Å². The van der Waals surface area contributed by atoms with Crippen molar-refractivity contribution in [2.75, 3.05) is 24.3 Å². The normalized spacial score (nSPS) is 14.9. The summed E-state index contributed by atoms with van der Waals surface area (Å²) in [5.74, 6) is -1.75. The summed E-state index contributed by atoms with van der Waals surface area (Å²) in [5, 5.41) is 9.92. The fourth-order valence-electron chi connectivity index (χ4n) is 3.23. The summed E-state index contributed by atoms with van der Waals surface area (Å²) in [6.45, 7) is 2.00. The molecule has 9 heteroatoms. The van der Waals surface area contributed by atoms with Crippen LogP contribution in [0.2, 0.25) is 0 Å². The van der Waals surface area contributed by atoms with Crippen LogP contribution in [-0.2, 0) is 9.84 Å². The second-order valence-electron chi connectivity index (χ2n) is 6.52. The van der Waals surface area contributed by atoms with E-state index in [1.807, 2.05) is 0 Å². The van der Waals surface area contributed by atoms with E-state index in [1.165, 1.54) is 30.3 Å². The SMILES string of the molecule is CCOc1cc([C@H](CS(C)(=O)=O)N2C(=O)c3cccc(N)c3C2=O)ccc1O. The van der Waals surface area contributed by atoms with Crippen LogP contribution < -0.4 is 10.5 Å². The number of rotatable bonds is 6. The van der Waals surface area contributed by atoms with Gasteiger partial charge in [-0.3, -0.25) is 14.5 Å². The molecule has 8 nitrogen and oxygen atoms in total. The number of imide groups is 1. The van der Waals surface area contributed by atoms with Crippen LogP contribution in [0.4, 0.5) is 5.69 Å². The van der Waals surface area contributed by atoms with Crippen LogP contribution in [0.25, 0.3) is 0 Å². The van der Waals surface area contributed by atoms with Crippen LogP contribution in [0.1, 0.15) is 39.2 Å². The van der Waals surface area contributed by atoms with Gasteiger partial charge in [-0.1, -0.05) is 12.1 Å². The molecule has 148 valence electrons. The summed E-state index contributed by atoms with van der Waals surface area (Å²) in [5.41, 5.74) is 6.56. The monoisotopic (exact) mass is 404 g/mol. The van der Waals surface area contributed by atoms with Crippen LogP contribution in [0.5, 0.6) is 11.5 Å². The highest BCUT2D eigenvalue weighted by Crippen LogP contribution is 2.37. The molecule has 2 aromatic carbocycles.